The molecule has 1 aromatic rings. The minimum absolute atomic E-state index is 0.00678. The maximum absolute atomic E-state index is 12.7. The summed E-state index contributed by atoms with van der Waals surface area (Å²) in [5.74, 6) is -4.38. The van der Waals surface area contributed by atoms with Gasteiger partial charge in [-0.25, -0.2) is 14.4 Å². The van der Waals surface area contributed by atoms with E-state index in [0.717, 1.165) is 5.56 Å². The summed E-state index contributed by atoms with van der Waals surface area (Å²) >= 11 is 0. The summed E-state index contributed by atoms with van der Waals surface area (Å²) in [5, 5.41) is 34.0. The van der Waals surface area contributed by atoms with E-state index in [-0.39, 0.29) is 36.2 Å². The summed E-state index contributed by atoms with van der Waals surface area (Å²) in [6.45, 7) is 0.607. The van der Waals surface area contributed by atoms with Gasteiger partial charge in [0.1, 0.15) is 25.1 Å². The number of nitrogens with one attached hydrogen (secondary N) is 3. The van der Waals surface area contributed by atoms with E-state index < -0.39 is 49.7 Å². The van der Waals surface area contributed by atoms with Crippen LogP contribution in [-0.4, -0.2) is 96.1 Å². The molecule has 0 spiro atoms. The average molecular weight is 543 g/mol. The zero-order valence-corrected chi connectivity index (χ0v) is 21.3. The second-order valence-electron chi connectivity index (χ2n) is 9.45. The molecule has 0 aromatic heterocycles. The molecule has 38 heavy (non-hydrogen) atoms. The first-order valence-corrected chi connectivity index (χ1v) is 11.9. The first-order valence-electron chi connectivity index (χ1n) is 11.9. The van der Waals surface area contributed by atoms with Gasteiger partial charge in [-0.05, 0) is 37.8 Å². The van der Waals surface area contributed by atoms with Gasteiger partial charge in [0.15, 0.2) is 0 Å². The summed E-state index contributed by atoms with van der Waals surface area (Å²) < 4.78 is 25.5. The standard InChI is InChI=1S/C23H33BF2N4O8/c1-30(2,14-24(25)26)13-15-6-8-16(9-7-15)20(33)27-12-4-3-5-17(21(34)35)28-23(38)29-18(22(36)37)10-11-19(31)32/h6-9,17-18H,3-5,10-14H2,1-2H3,(H5-,27,28,29,31,32,33,34,35,36,37,38)/p+1/t17-,18-/m0/s1. The molecule has 0 aliphatic heterocycles. The first kappa shape index (κ1) is 32.3. The van der Waals surface area contributed by atoms with Crippen LogP contribution in [-0.2, 0) is 20.9 Å². The van der Waals surface area contributed by atoms with Crippen molar-refractivity contribution < 1.29 is 52.4 Å². The molecule has 210 valence electrons. The number of carbonyl (C=O) groups excluding carboxylic acids is 2. The Morgan fingerprint density at radius 3 is 1.95 bits per heavy atom. The van der Waals surface area contributed by atoms with Gasteiger partial charge in [-0.1, -0.05) is 12.1 Å². The van der Waals surface area contributed by atoms with Crippen LogP contribution in [0.25, 0.3) is 0 Å². The Balaban J connectivity index is 2.46. The molecule has 15 heteroatoms. The summed E-state index contributed by atoms with van der Waals surface area (Å²) in [5.41, 5.74) is 1.19. The van der Waals surface area contributed by atoms with E-state index in [0.29, 0.717) is 24.9 Å². The fourth-order valence-corrected chi connectivity index (χ4v) is 3.61. The number of nitrogens with zero attached hydrogens (tertiary/aromatic N) is 1. The number of benzene rings is 1. The van der Waals surface area contributed by atoms with E-state index >= 15 is 0 Å². The minimum Gasteiger partial charge on any atom is -0.481 e. The van der Waals surface area contributed by atoms with Crippen LogP contribution in [0.15, 0.2) is 24.3 Å². The smallest absolute Gasteiger partial charge is 0.481 e. The van der Waals surface area contributed by atoms with Crippen LogP contribution in [0.5, 0.6) is 0 Å². The fourth-order valence-electron chi connectivity index (χ4n) is 3.61. The number of quaternary nitrogens is 1. The van der Waals surface area contributed by atoms with Gasteiger partial charge in [0.25, 0.3) is 5.91 Å². The third-order valence-electron chi connectivity index (χ3n) is 5.52. The highest BCUT2D eigenvalue weighted by Gasteiger charge is 2.27. The lowest BCUT2D eigenvalue weighted by Gasteiger charge is -2.28. The summed E-state index contributed by atoms with van der Waals surface area (Å²) in [6, 6.07) is 2.72. The average Bonchev–Trinajstić information content (AvgIpc) is 2.79. The quantitative estimate of drug-likeness (QED) is 0.0963. The van der Waals surface area contributed by atoms with E-state index in [1.165, 1.54) is 0 Å². The Morgan fingerprint density at radius 2 is 1.45 bits per heavy atom. The van der Waals surface area contributed by atoms with Gasteiger partial charge in [0, 0.05) is 24.1 Å². The maximum Gasteiger partial charge on any atom is 0.592 e. The highest BCUT2D eigenvalue weighted by Crippen LogP contribution is 2.12. The Bertz CT molecular complexity index is 979. The van der Waals surface area contributed by atoms with Gasteiger partial charge >= 0.3 is 31.2 Å². The Labute approximate surface area is 219 Å². The van der Waals surface area contributed by atoms with Gasteiger partial charge in [-0.2, -0.15) is 0 Å². The van der Waals surface area contributed by atoms with Crippen molar-refractivity contribution in [3.8, 4) is 0 Å². The molecule has 0 unspecified atom stereocenters. The monoisotopic (exact) mass is 543 g/mol. The zero-order chi connectivity index (χ0) is 28.9. The van der Waals surface area contributed by atoms with Crippen molar-refractivity contribution in [2.45, 2.75) is 50.7 Å². The van der Waals surface area contributed by atoms with Crippen LogP contribution < -0.4 is 16.0 Å². The van der Waals surface area contributed by atoms with E-state index in [2.05, 4.69) is 10.6 Å². The lowest BCUT2D eigenvalue weighted by molar-refractivity contribution is -0.894. The predicted molar refractivity (Wildman–Crippen MR) is 133 cm³/mol. The molecule has 12 nitrogen and oxygen atoms in total. The summed E-state index contributed by atoms with van der Waals surface area (Å²) in [4.78, 5) is 57.6. The van der Waals surface area contributed by atoms with Gasteiger partial charge in [0.05, 0.1) is 14.1 Å². The number of urea groups is 1. The zero-order valence-electron chi connectivity index (χ0n) is 21.3. The SMILES string of the molecule is C[N+](C)(CB(F)F)Cc1ccc(C(=O)NCCCC[C@H](NC(=O)N[C@@H](CCC(=O)O)C(=O)O)C(=O)O)cc1. The maximum atomic E-state index is 12.7. The number of carbonyl (C=O) groups is 5. The second-order valence-corrected chi connectivity index (χ2v) is 9.45. The molecule has 0 saturated heterocycles. The molecule has 0 heterocycles. The molecule has 0 aliphatic rings. The van der Waals surface area contributed by atoms with Crippen LogP contribution in [0, 0.1) is 0 Å². The molecule has 1 rings (SSSR count). The molecular formula is C23H34BF2N4O8+. The third-order valence-corrected chi connectivity index (χ3v) is 5.52. The van der Waals surface area contributed by atoms with Crippen molar-refractivity contribution in [2.75, 3.05) is 27.1 Å². The van der Waals surface area contributed by atoms with Gasteiger partial charge in [-0.15, -0.1) is 0 Å². The van der Waals surface area contributed by atoms with Crippen LogP contribution in [0.1, 0.15) is 48.0 Å². The number of carboxylic acids is 3. The number of unbranched alkanes of at least 4 members (excludes halogenated alkanes) is 1. The van der Waals surface area contributed by atoms with Gasteiger partial charge < -0.3 is 35.8 Å². The molecular weight excluding hydrogens is 509 g/mol. The minimum atomic E-state index is -2.42. The first-order chi connectivity index (χ1) is 17.7. The topological polar surface area (TPSA) is 182 Å². The Morgan fingerprint density at radius 1 is 0.895 bits per heavy atom. The molecule has 1 aromatic carbocycles. The Kier molecular flexibility index (Phi) is 13.2. The molecule has 0 aliphatic carbocycles. The number of carboxylic acid groups (broad SMARTS) is 3. The van der Waals surface area contributed by atoms with Crippen molar-refractivity contribution in [1.29, 1.82) is 0 Å². The van der Waals surface area contributed by atoms with Crippen LogP contribution in [0.3, 0.4) is 0 Å². The van der Waals surface area contributed by atoms with Crippen molar-refractivity contribution in [2.24, 2.45) is 0 Å². The highest BCUT2D eigenvalue weighted by molar-refractivity contribution is 6.42. The van der Waals surface area contributed by atoms with E-state index in [9.17, 15) is 37.7 Å². The summed E-state index contributed by atoms with van der Waals surface area (Å²) in [7, 11) is 0.964. The molecule has 0 fully saturated rings. The van der Waals surface area contributed by atoms with Crippen LogP contribution in [0.2, 0.25) is 0 Å². The van der Waals surface area contributed by atoms with Crippen molar-refractivity contribution >= 4 is 37.1 Å². The predicted octanol–water partition coefficient (Wildman–Crippen LogP) is 1.20. The van der Waals surface area contributed by atoms with E-state index in [1.54, 1.807) is 38.4 Å². The lowest BCUT2D eigenvalue weighted by Crippen LogP contribution is -2.51. The summed E-state index contributed by atoms with van der Waals surface area (Å²) in [6.07, 6.45) is -0.433. The van der Waals surface area contributed by atoms with E-state index in [1.807, 2.05) is 5.32 Å². The molecule has 6 N–H and O–H groups in total. The number of hydrogen-bond acceptors (Lipinski definition) is 5. The molecule has 0 radical (unpaired) electrons. The van der Waals surface area contributed by atoms with Crippen LogP contribution >= 0.6 is 0 Å². The number of hydrogen-bond donors (Lipinski definition) is 6. The lowest BCUT2D eigenvalue weighted by atomic mass is 9.96. The highest BCUT2D eigenvalue weighted by atomic mass is 19.2. The number of amides is 3. The number of aliphatic carboxylic acids is 3. The van der Waals surface area contributed by atoms with Crippen molar-refractivity contribution in [1.82, 2.24) is 16.0 Å². The second kappa shape index (κ2) is 15.5. The van der Waals surface area contributed by atoms with Crippen molar-refractivity contribution in [3.63, 3.8) is 0 Å². The Hall–Kier alpha value is -3.75. The third kappa shape index (κ3) is 13.0. The molecule has 3 amide bonds. The number of halogens is 2. The molecule has 0 bridgehead atoms. The van der Waals surface area contributed by atoms with Crippen molar-refractivity contribution in [3.05, 3.63) is 35.4 Å². The fraction of sp³-hybridized carbons (Fsp3) is 0.522. The molecule has 2 atom stereocenters. The normalized spacial score (nSPS) is 12.6. The largest absolute Gasteiger partial charge is 0.592 e. The molecule has 0 saturated carbocycles. The van der Waals surface area contributed by atoms with Crippen LogP contribution in [0.4, 0.5) is 13.4 Å². The van der Waals surface area contributed by atoms with E-state index in [4.69, 9.17) is 10.2 Å². The van der Waals surface area contributed by atoms with Gasteiger partial charge in [-0.3, -0.25) is 18.2 Å². The number of rotatable bonds is 17. The van der Waals surface area contributed by atoms with Gasteiger partial charge in [0.2, 0.25) is 0 Å².